The molecule has 0 atom stereocenters. The lowest BCUT2D eigenvalue weighted by molar-refractivity contribution is -0.115. The lowest BCUT2D eigenvalue weighted by atomic mass is 10.1. The van der Waals surface area contributed by atoms with Gasteiger partial charge >= 0.3 is 0 Å². The summed E-state index contributed by atoms with van der Waals surface area (Å²) in [5, 5.41) is 2.76. The first-order valence-corrected chi connectivity index (χ1v) is 8.01. The normalized spacial score (nSPS) is 10.3. The molecule has 0 aromatic heterocycles. The molecule has 0 saturated heterocycles. The first-order chi connectivity index (χ1) is 12.2. The average molecular weight is 335 g/mol. The summed E-state index contributed by atoms with van der Waals surface area (Å²) in [5.74, 6) is 0.0846. The molecule has 126 valence electrons. The number of rotatable bonds is 6. The summed E-state index contributed by atoms with van der Waals surface area (Å²) in [5.41, 5.74) is 2.11. The second-order valence-corrected chi connectivity index (χ2v) is 5.62. The van der Waals surface area contributed by atoms with Gasteiger partial charge in [-0.15, -0.1) is 0 Å². The van der Waals surface area contributed by atoms with Crippen LogP contribution >= 0.6 is 0 Å². The molecule has 1 N–H and O–H groups in total. The largest absolute Gasteiger partial charge is 0.489 e. The standard InChI is InChI=1S/C21H18FNO2/c22-20-9-5-4-8-17(20)14-21(24)23-18-10-12-19(13-11-18)25-15-16-6-2-1-3-7-16/h1-13H,14-15H2,(H,23,24). The first-order valence-electron chi connectivity index (χ1n) is 8.01. The Labute approximate surface area is 146 Å². The molecular formula is C21H18FNO2. The van der Waals surface area contributed by atoms with Crippen LogP contribution in [0.25, 0.3) is 0 Å². The lowest BCUT2D eigenvalue weighted by Gasteiger charge is -2.09. The van der Waals surface area contributed by atoms with Crippen LogP contribution in [0.5, 0.6) is 5.75 Å². The molecule has 0 unspecified atom stereocenters. The van der Waals surface area contributed by atoms with E-state index in [2.05, 4.69) is 5.32 Å². The molecule has 0 fully saturated rings. The van der Waals surface area contributed by atoms with E-state index in [0.717, 1.165) is 11.3 Å². The van der Waals surface area contributed by atoms with E-state index in [4.69, 9.17) is 4.74 Å². The highest BCUT2D eigenvalue weighted by Crippen LogP contribution is 2.17. The fourth-order valence-electron chi connectivity index (χ4n) is 2.40. The number of carbonyl (C=O) groups excluding carboxylic acids is 1. The zero-order chi connectivity index (χ0) is 17.5. The van der Waals surface area contributed by atoms with Crippen LogP contribution in [-0.4, -0.2) is 5.91 Å². The second kappa shape index (κ2) is 8.11. The number of hydrogen-bond donors (Lipinski definition) is 1. The van der Waals surface area contributed by atoms with E-state index in [0.29, 0.717) is 17.9 Å². The van der Waals surface area contributed by atoms with Crippen LogP contribution in [-0.2, 0) is 17.8 Å². The number of benzene rings is 3. The second-order valence-electron chi connectivity index (χ2n) is 5.62. The Morgan fingerprint density at radius 2 is 1.56 bits per heavy atom. The summed E-state index contributed by atoms with van der Waals surface area (Å²) in [6.07, 6.45) is -0.00106. The summed E-state index contributed by atoms with van der Waals surface area (Å²) >= 11 is 0. The quantitative estimate of drug-likeness (QED) is 0.716. The van der Waals surface area contributed by atoms with E-state index in [9.17, 15) is 9.18 Å². The van der Waals surface area contributed by atoms with Gasteiger partial charge in [0.1, 0.15) is 18.2 Å². The van der Waals surface area contributed by atoms with Gasteiger partial charge in [0, 0.05) is 5.69 Å². The Morgan fingerprint density at radius 1 is 0.880 bits per heavy atom. The minimum atomic E-state index is -0.373. The summed E-state index contributed by atoms with van der Waals surface area (Å²) in [7, 11) is 0. The molecule has 25 heavy (non-hydrogen) atoms. The van der Waals surface area contributed by atoms with Crippen molar-refractivity contribution in [3.8, 4) is 5.75 Å². The average Bonchev–Trinajstić information content (AvgIpc) is 2.64. The molecule has 3 nitrogen and oxygen atoms in total. The molecule has 0 heterocycles. The van der Waals surface area contributed by atoms with Crippen molar-refractivity contribution in [3.63, 3.8) is 0 Å². The Bertz CT molecular complexity index is 832. The van der Waals surface area contributed by atoms with Crippen molar-refractivity contribution in [1.29, 1.82) is 0 Å². The van der Waals surface area contributed by atoms with Gasteiger partial charge in [-0.25, -0.2) is 4.39 Å². The number of halogens is 1. The van der Waals surface area contributed by atoms with Crippen LogP contribution in [0.1, 0.15) is 11.1 Å². The number of carbonyl (C=O) groups is 1. The fraction of sp³-hybridized carbons (Fsp3) is 0.0952. The van der Waals surface area contributed by atoms with Gasteiger partial charge in [0.05, 0.1) is 6.42 Å². The predicted molar refractivity (Wildman–Crippen MR) is 95.9 cm³/mol. The minimum Gasteiger partial charge on any atom is -0.489 e. The van der Waals surface area contributed by atoms with Gasteiger partial charge in [-0.05, 0) is 41.5 Å². The molecule has 0 bridgehead atoms. The van der Waals surface area contributed by atoms with Crippen molar-refractivity contribution in [2.45, 2.75) is 13.0 Å². The van der Waals surface area contributed by atoms with Crippen molar-refractivity contribution in [3.05, 3.63) is 95.8 Å². The Morgan fingerprint density at radius 3 is 2.28 bits per heavy atom. The number of ether oxygens (including phenoxy) is 1. The summed E-state index contributed by atoms with van der Waals surface area (Å²) in [6, 6.07) is 23.3. The third-order valence-electron chi connectivity index (χ3n) is 3.70. The van der Waals surface area contributed by atoms with E-state index >= 15 is 0 Å². The third kappa shape index (κ3) is 4.91. The molecule has 4 heteroatoms. The van der Waals surface area contributed by atoms with E-state index in [1.807, 2.05) is 30.3 Å². The maximum absolute atomic E-state index is 13.6. The third-order valence-corrected chi connectivity index (χ3v) is 3.70. The number of nitrogens with one attached hydrogen (secondary N) is 1. The Hall–Kier alpha value is -3.14. The smallest absolute Gasteiger partial charge is 0.228 e. The van der Waals surface area contributed by atoms with Crippen LogP contribution in [0.4, 0.5) is 10.1 Å². The van der Waals surface area contributed by atoms with E-state index in [-0.39, 0.29) is 18.1 Å². The zero-order valence-electron chi connectivity index (χ0n) is 13.6. The van der Waals surface area contributed by atoms with Crippen molar-refractivity contribution in [2.75, 3.05) is 5.32 Å². The molecule has 0 saturated carbocycles. The highest BCUT2D eigenvalue weighted by atomic mass is 19.1. The monoisotopic (exact) mass is 335 g/mol. The van der Waals surface area contributed by atoms with Gasteiger partial charge in [-0.2, -0.15) is 0 Å². The summed E-state index contributed by atoms with van der Waals surface area (Å²) in [4.78, 5) is 12.0. The van der Waals surface area contributed by atoms with Crippen LogP contribution in [0.2, 0.25) is 0 Å². The maximum atomic E-state index is 13.6. The highest BCUT2D eigenvalue weighted by molar-refractivity contribution is 5.92. The van der Waals surface area contributed by atoms with Gasteiger partial charge in [-0.3, -0.25) is 4.79 Å². The van der Waals surface area contributed by atoms with E-state index < -0.39 is 0 Å². The molecule has 0 aliphatic carbocycles. The topological polar surface area (TPSA) is 38.3 Å². The van der Waals surface area contributed by atoms with Gasteiger partial charge < -0.3 is 10.1 Å². The predicted octanol–water partition coefficient (Wildman–Crippen LogP) is 4.59. The molecular weight excluding hydrogens is 317 g/mol. The first kappa shape index (κ1) is 16.7. The van der Waals surface area contributed by atoms with Gasteiger partial charge in [0.15, 0.2) is 0 Å². The Kier molecular flexibility index (Phi) is 5.42. The van der Waals surface area contributed by atoms with Gasteiger partial charge in [-0.1, -0.05) is 48.5 Å². The van der Waals surface area contributed by atoms with Gasteiger partial charge in [0.25, 0.3) is 0 Å². The molecule has 0 aliphatic rings. The SMILES string of the molecule is O=C(Cc1ccccc1F)Nc1ccc(OCc2ccccc2)cc1. The molecule has 0 spiro atoms. The zero-order valence-corrected chi connectivity index (χ0v) is 13.6. The van der Waals surface area contributed by atoms with Crippen molar-refractivity contribution in [1.82, 2.24) is 0 Å². The van der Waals surface area contributed by atoms with Crippen molar-refractivity contribution < 1.29 is 13.9 Å². The van der Waals surface area contributed by atoms with Crippen LogP contribution in [0, 0.1) is 5.82 Å². The Balaban J connectivity index is 1.53. The summed E-state index contributed by atoms with van der Waals surface area (Å²) < 4.78 is 19.3. The fourth-order valence-corrected chi connectivity index (χ4v) is 2.40. The molecule has 3 aromatic carbocycles. The number of hydrogen-bond acceptors (Lipinski definition) is 2. The minimum absolute atomic E-state index is 0.00106. The number of amides is 1. The van der Waals surface area contributed by atoms with Crippen molar-refractivity contribution in [2.24, 2.45) is 0 Å². The lowest BCUT2D eigenvalue weighted by Crippen LogP contribution is -2.15. The molecule has 0 radical (unpaired) electrons. The molecule has 0 aliphatic heterocycles. The maximum Gasteiger partial charge on any atom is 0.228 e. The van der Waals surface area contributed by atoms with E-state index in [1.54, 1.807) is 42.5 Å². The molecule has 3 aromatic rings. The number of anilines is 1. The van der Waals surface area contributed by atoms with Crippen LogP contribution < -0.4 is 10.1 Å². The van der Waals surface area contributed by atoms with Crippen molar-refractivity contribution >= 4 is 11.6 Å². The highest BCUT2D eigenvalue weighted by Gasteiger charge is 2.08. The molecule has 3 rings (SSSR count). The van der Waals surface area contributed by atoms with Crippen LogP contribution in [0.3, 0.4) is 0 Å². The van der Waals surface area contributed by atoms with Crippen LogP contribution in [0.15, 0.2) is 78.9 Å². The summed E-state index contributed by atoms with van der Waals surface area (Å²) in [6.45, 7) is 0.486. The van der Waals surface area contributed by atoms with E-state index in [1.165, 1.54) is 6.07 Å². The molecule has 1 amide bonds. The van der Waals surface area contributed by atoms with Gasteiger partial charge in [0.2, 0.25) is 5.91 Å².